The molecule has 0 unspecified atom stereocenters. The molecule has 0 aliphatic rings. The summed E-state index contributed by atoms with van der Waals surface area (Å²) in [7, 11) is 0. The zero-order valence-corrected chi connectivity index (χ0v) is 6.63. The fraction of sp³-hybridized carbons (Fsp3) is 0.222. The van der Waals surface area contributed by atoms with E-state index in [9.17, 15) is 4.39 Å². The van der Waals surface area contributed by atoms with Crippen molar-refractivity contribution in [3.63, 3.8) is 0 Å². The van der Waals surface area contributed by atoms with Crippen LogP contribution in [0.5, 0.6) is 0 Å². The third-order valence-corrected chi connectivity index (χ3v) is 1.14. The molecule has 0 amide bonds. The first-order valence-corrected chi connectivity index (χ1v) is 3.31. The van der Waals surface area contributed by atoms with Crippen LogP contribution in [0, 0.1) is 11.3 Å². The van der Waals surface area contributed by atoms with Crippen molar-refractivity contribution in [3.8, 4) is 6.07 Å². The molecule has 0 fully saturated rings. The van der Waals surface area contributed by atoms with Crippen molar-refractivity contribution in [3.05, 3.63) is 35.7 Å². The van der Waals surface area contributed by atoms with Gasteiger partial charge in [0.25, 0.3) is 0 Å². The normalized spacial score (nSPS) is 13.6. The minimum atomic E-state index is -0.334. The molecule has 0 radical (unpaired) electrons. The maximum absolute atomic E-state index is 12.4. The molecule has 2 heteroatoms. The van der Waals surface area contributed by atoms with E-state index in [-0.39, 0.29) is 5.83 Å². The van der Waals surface area contributed by atoms with Gasteiger partial charge in [-0.2, -0.15) is 5.26 Å². The Labute approximate surface area is 66.1 Å². The average molecular weight is 151 g/mol. The Balaban J connectivity index is 4.27. The van der Waals surface area contributed by atoms with Gasteiger partial charge >= 0.3 is 0 Å². The van der Waals surface area contributed by atoms with Gasteiger partial charge in [-0.3, -0.25) is 0 Å². The predicted molar refractivity (Wildman–Crippen MR) is 43.4 cm³/mol. The summed E-state index contributed by atoms with van der Waals surface area (Å²) in [5.74, 6) is -0.334. The van der Waals surface area contributed by atoms with Gasteiger partial charge in [-0.1, -0.05) is 12.2 Å². The first-order chi connectivity index (χ1) is 5.24. The quantitative estimate of drug-likeness (QED) is 0.439. The number of hydrogen-bond acceptors (Lipinski definition) is 1. The van der Waals surface area contributed by atoms with Crippen LogP contribution in [-0.2, 0) is 0 Å². The van der Waals surface area contributed by atoms with Gasteiger partial charge in [-0.15, -0.1) is 0 Å². The smallest absolute Gasteiger partial charge is 0.118 e. The molecule has 0 aliphatic heterocycles. The van der Waals surface area contributed by atoms with Crippen molar-refractivity contribution in [2.45, 2.75) is 13.8 Å². The molecule has 1 nitrogen and oxygen atoms in total. The molecular weight excluding hydrogens is 141 g/mol. The highest BCUT2D eigenvalue weighted by Crippen LogP contribution is 2.01. The van der Waals surface area contributed by atoms with Crippen LogP contribution in [-0.4, -0.2) is 0 Å². The topological polar surface area (TPSA) is 23.8 Å². The lowest BCUT2D eigenvalue weighted by molar-refractivity contribution is 0.665. The Kier molecular flexibility index (Phi) is 4.76. The molecule has 0 N–H and O–H groups in total. The summed E-state index contributed by atoms with van der Waals surface area (Å²) in [5.41, 5.74) is 0.460. The maximum atomic E-state index is 12.4. The molecule has 0 bridgehead atoms. The highest BCUT2D eigenvalue weighted by atomic mass is 19.1. The van der Waals surface area contributed by atoms with Crippen LogP contribution in [0.2, 0.25) is 0 Å². The van der Waals surface area contributed by atoms with Crippen molar-refractivity contribution < 1.29 is 4.39 Å². The molecule has 0 saturated heterocycles. The average Bonchev–Trinajstić information content (AvgIpc) is 2.06. The number of halogens is 1. The highest BCUT2D eigenvalue weighted by Gasteiger charge is 1.86. The number of allylic oxidation sites excluding steroid dienone is 6. The number of nitrogens with zero attached hydrogens (tertiary/aromatic N) is 1. The van der Waals surface area contributed by atoms with E-state index in [1.165, 1.54) is 18.2 Å². The Morgan fingerprint density at radius 1 is 1.27 bits per heavy atom. The molecule has 0 spiro atoms. The first-order valence-electron chi connectivity index (χ1n) is 3.31. The summed E-state index contributed by atoms with van der Waals surface area (Å²) in [5, 5.41) is 8.40. The van der Waals surface area contributed by atoms with E-state index in [1.807, 2.05) is 6.07 Å². The number of hydrogen-bond donors (Lipinski definition) is 0. The van der Waals surface area contributed by atoms with Gasteiger partial charge in [-0.05, 0) is 26.0 Å². The van der Waals surface area contributed by atoms with Gasteiger partial charge in [0.05, 0.1) is 6.07 Å². The third-order valence-electron chi connectivity index (χ3n) is 1.14. The van der Waals surface area contributed by atoms with Crippen molar-refractivity contribution >= 4 is 0 Å². The largest absolute Gasteiger partial charge is 0.207 e. The van der Waals surface area contributed by atoms with Gasteiger partial charge < -0.3 is 0 Å². The summed E-state index contributed by atoms with van der Waals surface area (Å²) in [6.07, 6.45) is 5.66. The summed E-state index contributed by atoms with van der Waals surface area (Å²) in [4.78, 5) is 0. The van der Waals surface area contributed by atoms with E-state index >= 15 is 0 Å². The van der Waals surface area contributed by atoms with Gasteiger partial charge in [0, 0.05) is 5.57 Å². The molecule has 0 atom stereocenters. The molecule has 0 aliphatic carbocycles. The summed E-state index contributed by atoms with van der Waals surface area (Å²) in [6.45, 7) is 3.33. The van der Waals surface area contributed by atoms with E-state index in [2.05, 4.69) is 0 Å². The highest BCUT2D eigenvalue weighted by molar-refractivity contribution is 5.34. The molecular formula is C9H10FN. The van der Waals surface area contributed by atoms with Crippen LogP contribution in [0.25, 0.3) is 0 Å². The molecule has 58 valence electrons. The third kappa shape index (κ3) is 4.10. The SMILES string of the molecule is C\C=C(F)/C=C\C(C#N)=C/C. The molecule has 0 aromatic carbocycles. The second-order valence-electron chi connectivity index (χ2n) is 1.86. The lowest BCUT2D eigenvalue weighted by atomic mass is 10.2. The van der Waals surface area contributed by atoms with Crippen LogP contribution in [0.4, 0.5) is 4.39 Å². The zero-order chi connectivity index (χ0) is 8.69. The molecule has 0 rings (SSSR count). The molecule has 0 heterocycles. The van der Waals surface area contributed by atoms with E-state index in [0.29, 0.717) is 5.57 Å². The summed E-state index contributed by atoms with van der Waals surface area (Å²) >= 11 is 0. The number of nitriles is 1. The molecule has 0 aromatic rings. The standard InChI is InChI=1S/C9H10FN/c1-3-8(7-11)5-6-9(10)4-2/h3-6H,1-2H3/b6-5-,8-3+,9-4+. The Morgan fingerprint density at radius 2 is 1.91 bits per heavy atom. The Hall–Kier alpha value is -1.36. The van der Waals surface area contributed by atoms with Crippen LogP contribution >= 0.6 is 0 Å². The van der Waals surface area contributed by atoms with Gasteiger partial charge in [0.2, 0.25) is 0 Å². The molecule has 11 heavy (non-hydrogen) atoms. The Bertz CT molecular complexity index is 241. The van der Waals surface area contributed by atoms with E-state index < -0.39 is 0 Å². The van der Waals surface area contributed by atoms with Gasteiger partial charge in [0.15, 0.2) is 0 Å². The number of rotatable bonds is 2. The second kappa shape index (κ2) is 5.43. The van der Waals surface area contributed by atoms with E-state index in [4.69, 9.17) is 5.26 Å². The Morgan fingerprint density at radius 3 is 2.27 bits per heavy atom. The predicted octanol–water partition coefficient (Wildman–Crippen LogP) is 2.89. The van der Waals surface area contributed by atoms with E-state index in [0.717, 1.165) is 0 Å². The van der Waals surface area contributed by atoms with Crippen LogP contribution < -0.4 is 0 Å². The van der Waals surface area contributed by atoms with Crippen LogP contribution in [0.1, 0.15) is 13.8 Å². The summed E-state index contributed by atoms with van der Waals surface area (Å²) < 4.78 is 12.4. The lowest BCUT2D eigenvalue weighted by Crippen LogP contribution is -1.69. The van der Waals surface area contributed by atoms with E-state index in [1.54, 1.807) is 19.9 Å². The summed E-state index contributed by atoms with van der Waals surface area (Å²) in [6, 6.07) is 1.91. The first kappa shape index (κ1) is 9.64. The minimum absolute atomic E-state index is 0.334. The molecule has 0 aromatic heterocycles. The van der Waals surface area contributed by atoms with Gasteiger partial charge in [-0.25, -0.2) is 4.39 Å². The van der Waals surface area contributed by atoms with Crippen LogP contribution in [0.15, 0.2) is 35.7 Å². The van der Waals surface area contributed by atoms with Crippen molar-refractivity contribution in [2.24, 2.45) is 0 Å². The lowest BCUT2D eigenvalue weighted by Gasteiger charge is -1.84. The van der Waals surface area contributed by atoms with Crippen LogP contribution in [0.3, 0.4) is 0 Å². The fourth-order valence-corrected chi connectivity index (χ4v) is 0.464. The fourth-order valence-electron chi connectivity index (χ4n) is 0.464. The second-order valence-corrected chi connectivity index (χ2v) is 1.86. The monoisotopic (exact) mass is 151 g/mol. The zero-order valence-electron chi connectivity index (χ0n) is 6.63. The maximum Gasteiger partial charge on any atom is 0.118 e. The van der Waals surface area contributed by atoms with Crippen molar-refractivity contribution in [2.75, 3.05) is 0 Å². The van der Waals surface area contributed by atoms with Crippen molar-refractivity contribution in [1.82, 2.24) is 0 Å². The van der Waals surface area contributed by atoms with Crippen molar-refractivity contribution in [1.29, 1.82) is 5.26 Å². The molecule has 0 saturated carbocycles. The minimum Gasteiger partial charge on any atom is -0.207 e. The van der Waals surface area contributed by atoms with Gasteiger partial charge in [0.1, 0.15) is 5.83 Å².